The van der Waals surface area contributed by atoms with Crippen LogP contribution in [-0.2, 0) is 21.3 Å². The Labute approximate surface area is 156 Å². The van der Waals surface area contributed by atoms with E-state index in [4.69, 9.17) is 4.74 Å². The highest BCUT2D eigenvalue weighted by atomic mass is 32.2. The van der Waals surface area contributed by atoms with Crippen molar-refractivity contribution in [3.05, 3.63) is 70.4 Å². The van der Waals surface area contributed by atoms with Gasteiger partial charge >= 0.3 is 0 Å². The monoisotopic (exact) mass is 387 g/mol. The number of sulfone groups is 1. The first kappa shape index (κ1) is 18.7. The van der Waals surface area contributed by atoms with E-state index in [1.165, 1.54) is 23.8 Å². The molecule has 0 saturated carbocycles. The molecule has 0 atom stereocenters. The topological polar surface area (TPSA) is 104 Å². The summed E-state index contributed by atoms with van der Waals surface area (Å²) in [5.41, 5.74) is 2.16. The number of methoxy groups -OCH3 is 1. The Hall–Kier alpha value is -3.04. The summed E-state index contributed by atoms with van der Waals surface area (Å²) in [7, 11) is -2.53. The van der Waals surface area contributed by atoms with Crippen LogP contribution in [0.15, 0.2) is 64.8 Å². The number of nitro benzene ring substituents is 1. The maximum atomic E-state index is 13.0. The van der Waals surface area contributed by atoms with E-state index in [2.05, 4.69) is 4.98 Å². The maximum Gasteiger partial charge on any atom is 0.269 e. The van der Waals surface area contributed by atoms with Crippen molar-refractivity contribution in [3.63, 3.8) is 0 Å². The van der Waals surface area contributed by atoms with Crippen molar-refractivity contribution in [1.82, 2.24) is 9.55 Å². The molecular formula is C18H17N3O5S. The molecule has 2 aromatic carbocycles. The second-order valence-corrected chi connectivity index (χ2v) is 7.76. The van der Waals surface area contributed by atoms with E-state index in [0.717, 1.165) is 23.3 Å². The van der Waals surface area contributed by atoms with E-state index in [0.29, 0.717) is 5.69 Å². The largest absolute Gasteiger partial charge is 0.364 e. The van der Waals surface area contributed by atoms with E-state index in [1.807, 2.05) is 31.2 Å². The lowest BCUT2D eigenvalue weighted by Crippen LogP contribution is -2.12. The zero-order valence-electron chi connectivity index (χ0n) is 14.7. The predicted molar refractivity (Wildman–Crippen MR) is 98.0 cm³/mol. The summed E-state index contributed by atoms with van der Waals surface area (Å²) in [6.45, 7) is 1.96. The van der Waals surface area contributed by atoms with Crippen LogP contribution in [0.3, 0.4) is 0 Å². The number of aryl methyl sites for hydroxylation is 1. The first-order chi connectivity index (χ1) is 12.8. The minimum absolute atomic E-state index is 0.000403. The van der Waals surface area contributed by atoms with Gasteiger partial charge in [0.2, 0.25) is 15.0 Å². The quantitative estimate of drug-likeness (QED) is 0.475. The van der Waals surface area contributed by atoms with Crippen molar-refractivity contribution in [2.24, 2.45) is 0 Å². The van der Waals surface area contributed by atoms with Crippen molar-refractivity contribution in [2.45, 2.75) is 23.7 Å². The fraction of sp³-hybridized carbons (Fsp3) is 0.167. The van der Waals surface area contributed by atoms with Gasteiger partial charge in [0.15, 0.2) is 0 Å². The molecule has 1 aromatic heterocycles. The fourth-order valence-corrected chi connectivity index (χ4v) is 3.90. The number of rotatable bonds is 6. The van der Waals surface area contributed by atoms with Gasteiger partial charge in [0, 0.05) is 31.0 Å². The zero-order valence-corrected chi connectivity index (χ0v) is 15.5. The average molecular weight is 387 g/mol. The van der Waals surface area contributed by atoms with Gasteiger partial charge < -0.3 is 4.74 Å². The number of non-ortho nitro benzene ring substituents is 1. The molecule has 0 radical (unpaired) electrons. The molecule has 0 fully saturated rings. The molecule has 1 heterocycles. The van der Waals surface area contributed by atoms with E-state index in [9.17, 15) is 18.5 Å². The van der Waals surface area contributed by atoms with Gasteiger partial charge in [-0.1, -0.05) is 29.8 Å². The van der Waals surface area contributed by atoms with Crippen molar-refractivity contribution >= 4 is 15.5 Å². The van der Waals surface area contributed by atoms with E-state index < -0.39 is 14.8 Å². The van der Waals surface area contributed by atoms with Gasteiger partial charge in [-0.05, 0) is 19.1 Å². The second kappa shape index (κ2) is 7.29. The van der Waals surface area contributed by atoms with Crippen LogP contribution in [0.25, 0.3) is 11.3 Å². The van der Waals surface area contributed by atoms with Crippen LogP contribution in [0.4, 0.5) is 5.69 Å². The Kier molecular flexibility index (Phi) is 5.06. The van der Waals surface area contributed by atoms with Crippen LogP contribution in [0.1, 0.15) is 5.56 Å². The van der Waals surface area contributed by atoms with Gasteiger partial charge in [-0.3, -0.25) is 14.7 Å². The smallest absolute Gasteiger partial charge is 0.269 e. The van der Waals surface area contributed by atoms with Gasteiger partial charge in [0.05, 0.1) is 15.5 Å². The summed E-state index contributed by atoms with van der Waals surface area (Å²) >= 11 is 0. The molecule has 140 valence electrons. The van der Waals surface area contributed by atoms with Gasteiger partial charge in [0.1, 0.15) is 6.73 Å². The highest BCUT2D eigenvalue weighted by Gasteiger charge is 2.26. The van der Waals surface area contributed by atoms with Gasteiger partial charge in [0.25, 0.3) is 5.69 Å². The average Bonchev–Trinajstić information content (AvgIpc) is 3.07. The molecule has 0 saturated heterocycles. The molecule has 0 aliphatic carbocycles. The zero-order chi connectivity index (χ0) is 19.6. The molecule has 0 bridgehead atoms. The molecular weight excluding hydrogens is 370 g/mol. The normalized spacial score (nSPS) is 11.5. The van der Waals surface area contributed by atoms with Gasteiger partial charge in [-0.15, -0.1) is 0 Å². The van der Waals surface area contributed by atoms with Crippen LogP contribution in [0, 0.1) is 17.0 Å². The summed E-state index contributed by atoms with van der Waals surface area (Å²) in [5.74, 6) is 0. The number of aromatic nitrogens is 2. The Bertz CT molecular complexity index is 1070. The molecule has 9 heteroatoms. The summed E-state index contributed by atoms with van der Waals surface area (Å²) in [5, 5.41) is 10.6. The molecule has 3 rings (SSSR count). The third-order valence-electron chi connectivity index (χ3n) is 3.95. The molecule has 0 spiro atoms. The molecule has 0 amide bonds. The summed E-state index contributed by atoms with van der Waals surface area (Å²) in [6.07, 6.45) is 1.60. The van der Waals surface area contributed by atoms with Crippen molar-refractivity contribution < 1.29 is 18.1 Å². The number of imidazole rings is 1. The number of benzene rings is 2. The summed E-state index contributed by atoms with van der Waals surface area (Å²) < 4.78 is 32.5. The molecule has 0 unspecified atom stereocenters. The maximum absolute atomic E-state index is 13.0. The highest BCUT2D eigenvalue weighted by Crippen LogP contribution is 2.26. The number of nitro groups is 1. The van der Waals surface area contributed by atoms with Crippen molar-refractivity contribution in [3.8, 4) is 11.3 Å². The number of hydrogen-bond acceptors (Lipinski definition) is 6. The van der Waals surface area contributed by atoms with E-state index in [1.54, 1.807) is 6.20 Å². The molecule has 0 aliphatic heterocycles. The van der Waals surface area contributed by atoms with Crippen molar-refractivity contribution in [2.75, 3.05) is 7.11 Å². The number of nitrogens with zero attached hydrogens (tertiary/aromatic N) is 3. The molecule has 3 aromatic rings. The standard InChI is InChI=1S/C18H17N3O5S/c1-13-3-5-14(6-4-13)17-11-20(12-26-2)18(19-17)27(24,25)16-9-7-15(8-10-16)21(22)23/h3-11H,12H2,1-2H3. The van der Waals surface area contributed by atoms with E-state index in [-0.39, 0.29) is 22.5 Å². The highest BCUT2D eigenvalue weighted by molar-refractivity contribution is 7.91. The molecule has 0 N–H and O–H groups in total. The molecule has 0 aliphatic rings. The number of ether oxygens (including phenoxy) is 1. The van der Waals surface area contributed by atoms with Crippen molar-refractivity contribution in [1.29, 1.82) is 0 Å². The van der Waals surface area contributed by atoms with Gasteiger partial charge in [-0.25, -0.2) is 13.4 Å². The van der Waals surface area contributed by atoms with E-state index >= 15 is 0 Å². The Morgan fingerprint density at radius 1 is 1.11 bits per heavy atom. The Balaban J connectivity index is 2.08. The lowest BCUT2D eigenvalue weighted by molar-refractivity contribution is -0.384. The van der Waals surface area contributed by atoms with Crippen LogP contribution in [-0.4, -0.2) is 30.0 Å². The first-order valence-electron chi connectivity index (χ1n) is 7.95. The summed E-state index contributed by atoms with van der Waals surface area (Å²) in [6, 6.07) is 12.2. The lowest BCUT2D eigenvalue weighted by Gasteiger charge is -2.07. The third-order valence-corrected chi connectivity index (χ3v) is 5.65. The van der Waals surface area contributed by atoms with Crippen LogP contribution < -0.4 is 0 Å². The molecule has 27 heavy (non-hydrogen) atoms. The minimum atomic E-state index is -3.98. The summed E-state index contributed by atoms with van der Waals surface area (Å²) in [4.78, 5) is 14.4. The second-order valence-electron chi connectivity index (χ2n) is 5.92. The fourth-order valence-electron chi connectivity index (χ4n) is 2.56. The third kappa shape index (κ3) is 3.74. The number of hydrogen-bond donors (Lipinski definition) is 0. The minimum Gasteiger partial charge on any atom is -0.364 e. The van der Waals surface area contributed by atoms with Gasteiger partial charge in [-0.2, -0.15) is 0 Å². The predicted octanol–water partition coefficient (Wildman–Crippen LogP) is 3.20. The Morgan fingerprint density at radius 3 is 2.30 bits per heavy atom. The SMILES string of the molecule is COCn1cc(-c2ccc(C)cc2)nc1S(=O)(=O)c1ccc([N+](=O)[O-])cc1. The molecule has 8 nitrogen and oxygen atoms in total. The lowest BCUT2D eigenvalue weighted by atomic mass is 10.1. The Morgan fingerprint density at radius 2 is 1.74 bits per heavy atom. The first-order valence-corrected chi connectivity index (χ1v) is 9.44. The van der Waals surface area contributed by atoms with Crippen LogP contribution >= 0.6 is 0 Å². The van der Waals surface area contributed by atoms with Crippen LogP contribution in [0.5, 0.6) is 0 Å². The van der Waals surface area contributed by atoms with Crippen LogP contribution in [0.2, 0.25) is 0 Å².